The average molecular weight is 427 g/mol. The molecule has 0 saturated heterocycles. The lowest BCUT2D eigenvalue weighted by atomic mass is 10.5. The number of rotatable bonds is 15. The van der Waals surface area contributed by atoms with Crippen LogP contribution in [0.4, 0.5) is 0 Å². The molecule has 0 heterocycles. The van der Waals surface area contributed by atoms with Gasteiger partial charge in [0.2, 0.25) is 0 Å². The van der Waals surface area contributed by atoms with E-state index in [1.165, 1.54) is 11.5 Å². The predicted octanol–water partition coefficient (Wildman–Crippen LogP) is 4.38. The van der Waals surface area contributed by atoms with E-state index >= 15 is 0 Å². The van der Waals surface area contributed by atoms with Gasteiger partial charge in [-0.15, -0.1) is 0 Å². The van der Waals surface area contributed by atoms with Gasteiger partial charge in [-0.2, -0.15) is 97.6 Å². The molecule has 0 nitrogen and oxygen atoms in total. The van der Waals surface area contributed by atoms with E-state index < -0.39 is 0 Å². The normalized spacial score (nSPS) is 14.4. The first kappa shape index (κ1) is 22.8. The average Bonchev–Trinajstić information content (AvgIpc) is 2.43. The van der Waals surface area contributed by atoms with Crippen LogP contribution in [0.3, 0.4) is 0 Å². The molecule has 2 unspecified atom stereocenters. The maximum atomic E-state index is 4.61. The van der Waals surface area contributed by atoms with Crippen LogP contribution < -0.4 is 0 Å². The van der Waals surface area contributed by atoms with Crippen molar-refractivity contribution in [3.63, 3.8) is 0 Å². The van der Waals surface area contributed by atoms with E-state index in [4.69, 9.17) is 0 Å². The number of thiol groups is 4. The molecule has 0 radical (unpaired) electrons. The van der Waals surface area contributed by atoms with E-state index in [1.807, 2.05) is 47.0 Å². The Labute approximate surface area is 164 Å². The van der Waals surface area contributed by atoms with E-state index in [0.29, 0.717) is 10.5 Å². The molecule has 0 spiro atoms. The van der Waals surface area contributed by atoms with Gasteiger partial charge in [0.1, 0.15) is 0 Å². The van der Waals surface area contributed by atoms with Gasteiger partial charge in [0.15, 0.2) is 0 Å². The van der Waals surface area contributed by atoms with Gasteiger partial charge in [-0.3, -0.25) is 0 Å². The van der Waals surface area contributed by atoms with Crippen LogP contribution >= 0.6 is 97.6 Å². The van der Waals surface area contributed by atoms with Gasteiger partial charge in [-0.25, -0.2) is 0 Å². The summed E-state index contributed by atoms with van der Waals surface area (Å²) in [6.07, 6.45) is 0. The summed E-state index contributed by atoms with van der Waals surface area (Å²) >= 11 is 25.6. The van der Waals surface area contributed by atoms with Crippen molar-refractivity contribution in [1.82, 2.24) is 0 Å². The van der Waals surface area contributed by atoms with Crippen LogP contribution in [0.25, 0.3) is 0 Å². The van der Waals surface area contributed by atoms with E-state index in [-0.39, 0.29) is 0 Å². The Morgan fingerprint density at radius 3 is 1.15 bits per heavy atom. The predicted molar refractivity (Wildman–Crippen MR) is 123 cm³/mol. The molecule has 0 aromatic heterocycles. The van der Waals surface area contributed by atoms with Crippen LogP contribution in [0.15, 0.2) is 0 Å². The molecule has 0 aliphatic carbocycles. The lowest BCUT2D eigenvalue weighted by molar-refractivity contribution is 1.15. The lowest BCUT2D eigenvalue weighted by Crippen LogP contribution is -2.09. The number of thioether (sulfide) groups is 4. The molecule has 0 rings (SSSR count). The number of hydrogen-bond donors (Lipinski definition) is 4. The highest BCUT2D eigenvalue weighted by molar-refractivity contribution is 8.04. The summed E-state index contributed by atoms with van der Waals surface area (Å²) in [7, 11) is 0. The maximum absolute atomic E-state index is 4.61. The van der Waals surface area contributed by atoms with Gasteiger partial charge in [0.05, 0.1) is 0 Å². The fraction of sp³-hybridized carbons (Fsp3) is 1.00. The third-order valence-electron chi connectivity index (χ3n) is 2.08. The van der Waals surface area contributed by atoms with Crippen LogP contribution in [0, 0.1) is 0 Å². The third kappa shape index (κ3) is 17.2. The molecule has 2 atom stereocenters. The number of hydrogen-bond acceptors (Lipinski definition) is 8. The second-order valence-corrected chi connectivity index (χ2v) is 11.0. The molecule has 0 aliphatic heterocycles. The molecule has 20 heavy (non-hydrogen) atoms. The molecule has 0 fully saturated rings. The Kier molecular flexibility index (Phi) is 20.7. The van der Waals surface area contributed by atoms with Gasteiger partial charge >= 0.3 is 0 Å². The summed E-state index contributed by atoms with van der Waals surface area (Å²) in [5, 5.41) is 1.04. The fourth-order valence-electron chi connectivity index (χ4n) is 1.22. The van der Waals surface area contributed by atoms with Crippen molar-refractivity contribution in [2.75, 3.05) is 57.5 Å². The first-order chi connectivity index (χ1) is 9.70. The minimum absolute atomic E-state index is 0.519. The lowest BCUT2D eigenvalue weighted by Gasteiger charge is -2.11. The molecular formula is C12H26S8. The highest BCUT2D eigenvalue weighted by atomic mass is 32.2. The minimum atomic E-state index is 0.519. The summed E-state index contributed by atoms with van der Waals surface area (Å²) in [5.74, 6) is 11.3. The van der Waals surface area contributed by atoms with Gasteiger partial charge in [0.25, 0.3) is 0 Å². The zero-order chi connectivity index (χ0) is 15.1. The highest BCUT2D eigenvalue weighted by Crippen LogP contribution is 2.17. The zero-order valence-corrected chi connectivity index (χ0v) is 18.5. The van der Waals surface area contributed by atoms with Crippen molar-refractivity contribution < 1.29 is 0 Å². The van der Waals surface area contributed by atoms with E-state index in [2.05, 4.69) is 50.5 Å². The molecule has 0 saturated carbocycles. The Bertz CT molecular complexity index is 172. The van der Waals surface area contributed by atoms with Gasteiger partial charge in [0, 0.05) is 56.5 Å². The van der Waals surface area contributed by atoms with E-state index in [9.17, 15) is 0 Å². The first-order valence-electron chi connectivity index (χ1n) is 6.59. The summed E-state index contributed by atoms with van der Waals surface area (Å²) in [6.45, 7) is 0. The zero-order valence-electron chi connectivity index (χ0n) is 11.6. The highest BCUT2D eigenvalue weighted by Gasteiger charge is 2.05. The van der Waals surface area contributed by atoms with E-state index in [1.54, 1.807) is 0 Å². The largest absolute Gasteiger partial charge is 0.179 e. The molecule has 0 aromatic rings. The van der Waals surface area contributed by atoms with Crippen molar-refractivity contribution in [3.05, 3.63) is 0 Å². The Morgan fingerprint density at radius 2 is 0.850 bits per heavy atom. The molecule has 0 bridgehead atoms. The molecular weight excluding hydrogens is 401 g/mol. The van der Waals surface area contributed by atoms with Crippen molar-refractivity contribution >= 4 is 97.6 Å². The minimum Gasteiger partial charge on any atom is -0.179 e. The summed E-state index contributed by atoms with van der Waals surface area (Å²) < 4.78 is 0. The van der Waals surface area contributed by atoms with Crippen molar-refractivity contribution in [2.24, 2.45) is 0 Å². The SMILES string of the molecule is SCCSCC(S)CSCCSCC(S)CSCCS. The van der Waals surface area contributed by atoms with Crippen molar-refractivity contribution in [2.45, 2.75) is 10.5 Å². The van der Waals surface area contributed by atoms with Crippen LogP contribution in [0.5, 0.6) is 0 Å². The molecule has 8 heteroatoms. The van der Waals surface area contributed by atoms with E-state index in [0.717, 1.165) is 46.0 Å². The van der Waals surface area contributed by atoms with Crippen LogP contribution in [0.2, 0.25) is 0 Å². The van der Waals surface area contributed by atoms with Crippen molar-refractivity contribution in [3.8, 4) is 0 Å². The summed E-state index contributed by atoms with van der Waals surface area (Å²) in [4.78, 5) is 0. The topological polar surface area (TPSA) is 0 Å². The van der Waals surface area contributed by atoms with Crippen LogP contribution in [0.1, 0.15) is 0 Å². The summed E-state index contributed by atoms with van der Waals surface area (Å²) in [5.41, 5.74) is 0. The smallest absolute Gasteiger partial charge is 0.0198 e. The Balaban J connectivity index is 3.22. The third-order valence-corrected chi connectivity index (χ3v) is 9.64. The van der Waals surface area contributed by atoms with Crippen molar-refractivity contribution in [1.29, 1.82) is 0 Å². The quantitative estimate of drug-likeness (QED) is 0.226. The van der Waals surface area contributed by atoms with Crippen LogP contribution in [-0.2, 0) is 0 Å². The second kappa shape index (κ2) is 18.1. The molecule has 0 amide bonds. The van der Waals surface area contributed by atoms with Gasteiger partial charge in [-0.1, -0.05) is 0 Å². The standard InChI is InChI=1S/C12H26S8/c13-1-3-17-7-11(15)9-19-5-6-20-10-12(16)8-18-4-2-14/h11-16H,1-10H2. The fourth-order valence-corrected chi connectivity index (χ4v) is 6.99. The van der Waals surface area contributed by atoms with Gasteiger partial charge in [-0.05, 0) is 11.5 Å². The monoisotopic (exact) mass is 426 g/mol. The molecule has 0 N–H and O–H groups in total. The van der Waals surface area contributed by atoms with Crippen LogP contribution in [-0.4, -0.2) is 68.0 Å². The van der Waals surface area contributed by atoms with Gasteiger partial charge < -0.3 is 0 Å². The molecule has 122 valence electrons. The summed E-state index contributed by atoms with van der Waals surface area (Å²) in [6, 6.07) is 0. The first-order valence-corrected chi connectivity index (χ1v) is 13.5. The molecule has 0 aromatic carbocycles. The maximum Gasteiger partial charge on any atom is 0.0198 e. The Hall–Kier alpha value is 2.80. The second-order valence-electron chi connectivity index (χ2n) is 4.05. The molecule has 0 aliphatic rings. The Morgan fingerprint density at radius 1 is 0.550 bits per heavy atom.